The molecule has 6 heteroatoms. The Labute approximate surface area is 133 Å². The molecule has 1 aliphatic carbocycles. The van der Waals surface area contributed by atoms with Crippen molar-refractivity contribution in [3.05, 3.63) is 22.7 Å². The van der Waals surface area contributed by atoms with E-state index in [0.29, 0.717) is 11.7 Å². The standard InChI is InChI=1S/C15H20BrN5/c1-2-10-3-6-12(7-4-10)21-15(18-19-20-21)11-5-8-13(16)14(17)9-11/h5,8-10,12H,2-4,6-7,17H2,1H3. The van der Waals surface area contributed by atoms with Crippen LogP contribution in [-0.4, -0.2) is 20.2 Å². The summed E-state index contributed by atoms with van der Waals surface area (Å²) in [7, 11) is 0. The Morgan fingerprint density at radius 3 is 2.71 bits per heavy atom. The van der Waals surface area contributed by atoms with Gasteiger partial charge in [-0.05, 0) is 76.2 Å². The highest BCUT2D eigenvalue weighted by Gasteiger charge is 2.24. The Balaban J connectivity index is 1.85. The fraction of sp³-hybridized carbons (Fsp3) is 0.533. The minimum Gasteiger partial charge on any atom is -0.398 e. The Hall–Kier alpha value is -1.43. The van der Waals surface area contributed by atoms with Crippen molar-refractivity contribution in [3.63, 3.8) is 0 Å². The number of nitrogen functional groups attached to an aromatic ring is 1. The number of benzene rings is 1. The first-order valence-corrected chi connectivity index (χ1v) is 8.31. The highest BCUT2D eigenvalue weighted by Crippen LogP contribution is 2.35. The van der Waals surface area contributed by atoms with E-state index in [1.54, 1.807) is 0 Å². The first-order chi connectivity index (χ1) is 10.2. The van der Waals surface area contributed by atoms with Crippen LogP contribution in [0, 0.1) is 5.92 Å². The van der Waals surface area contributed by atoms with Gasteiger partial charge in [-0.3, -0.25) is 0 Å². The summed E-state index contributed by atoms with van der Waals surface area (Å²) in [6.45, 7) is 2.28. The summed E-state index contributed by atoms with van der Waals surface area (Å²) in [6.07, 6.45) is 6.12. The molecule has 2 aromatic rings. The van der Waals surface area contributed by atoms with Gasteiger partial charge in [-0.15, -0.1) is 5.10 Å². The van der Waals surface area contributed by atoms with E-state index in [1.165, 1.54) is 19.3 Å². The number of anilines is 1. The maximum absolute atomic E-state index is 5.97. The monoisotopic (exact) mass is 349 g/mol. The van der Waals surface area contributed by atoms with Crippen molar-refractivity contribution in [2.45, 2.75) is 45.1 Å². The molecule has 0 bridgehead atoms. The van der Waals surface area contributed by atoms with Gasteiger partial charge in [0, 0.05) is 15.7 Å². The van der Waals surface area contributed by atoms with Gasteiger partial charge in [-0.2, -0.15) is 0 Å². The first-order valence-electron chi connectivity index (χ1n) is 7.52. The molecular formula is C15H20BrN5. The fourth-order valence-electron chi connectivity index (χ4n) is 3.11. The smallest absolute Gasteiger partial charge is 0.182 e. The molecule has 3 rings (SSSR count). The van der Waals surface area contributed by atoms with Crippen LogP contribution in [-0.2, 0) is 0 Å². The third-order valence-corrected chi connectivity index (χ3v) is 5.21. The van der Waals surface area contributed by atoms with Crippen LogP contribution >= 0.6 is 15.9 Å². The Morgan fingerprint density at radius 2 is 2.05 bits per heavy atom. The lowest BCUT2D eigenvalue weighted by Crippen LogP contribution is -2.19. The van der Waals surface area contributed by atoms with E-state index in [1.807, 2.05) is 22.9 Å². The zero-order chi connectivity index (χ0) is 14.8. The number of nitrogens with two attached hydrogens (primary N) is 1. The van der Waals surface area contributed by atoms with Crippen LogP contribution in [0.2, 0.25) is 0 Å². The number of nitrogens with zero attached hydrogens (tertiary/aromatic N) is 4. The van der Waals surface area contributed by atoms with E-state index < -0.39 is 0 Å². The van der Waals surface area contributed by atoms with Crippen LogP contribution < -0.4 is 5.73 Å². The van der Waals surface area contributed by atoms with Gasteiger partial charge >= 0.3 is 0 Å². The fourth-order valence-corrected chi connectivity index (χ4v) is 3.36. The number of rotatable bonds is 3. The second kappa shape index (κ2) is 6.13. The van der Waals surface area contributed by atoms with Gasteiger partial charge in [-0.1, -0.05) is 13.3 Å². The largest absolute Gasteiger partial charge is 0.398 e. The van der Waals surface area contributed by atoms with Crippen molar-refractivity contribution in [2.24, 2.45) is 5.92 Å². The molecule has 1 saturated carbocycles. The highest BCUT2D eigenvalue weighted by molar-refractivity contribution is 9.10. The molecule has 0 amide bonds. The Morgan fingerprint density at radius 1 is 1.29 bits per heavy atom. The average Bonchev–Trinajstić information content (AvgIpc) is 2.99. The van der Waals surface area contributed by atoms with Crippen molar-refractivity contribution in [3.8, 4) is 11.4 Å². The van der Waals surface area contributed by atoms with Gasteiger partial charge in [0.15, 0.2) is 5.82 Å². The second-order valence-electron chi connectivity index (χ2n) is 5.77. The summed E-state index contributed by atoms with van der Waals surface area (Å²) in [5.74, 6) is 1.68. The molecule has 0 spiro atoms. The summed E-state index contributed by atoms with van der Waals surface area (Å²) in [5, 5.41) is 12.3. The normalized spacial score (nSPS) is 22.4. The summed E-state index contributed by atoms with van der Waals surface area (Å²) < 4.78 is 2.88. The number of halogens is 1. The van der Waals surface area contributed by atoms with Crippen LogP contribution in [0.15, 0.2) is 22.7 Å². The van der Waals surface area contributed by atoms with Crippen molar-refractivity contribution >= 4 is 21.6 Å². The number of hydrogen-bond donors (Lipinski definition) is 1. The van der Waals surface area contributed by atoms with Crippen molar-refractivity contribution < 1.29 is 0 Å². The molecule has 0 radical (unpaired) electrons. The van der Waals surface area contributed by atoms with Gasteiger partial charge in [0.25, 0.3) is 0 Å². The van der Waals surface area contributed by atoms with Crippen LogP contribution in [0.25, 0.3) is 11.4 Å². The molecule has 1 fully saturated rings. The Bertz CT molecular complexity index is 616. The quantitative estimate of drug-likeness (QED) is 0.855. The van der Waals surface area contributed by atoms with E-state index in [2.05, 4.69) is 38.4 Å². The van der Waals surface area contributed by atoms with Gasteiger partial charge in [0.1, 0.15) is 0 Å². The van der Waals surface area contributed by atoms with Crippen LogP contribution in [0.4, 0.5) is 5.69 Å². The van der Waals surface area contributed by atoms with E-state index >= 15 is 0 Å². The lowest BCUT2D eigenvalue weighted by atomic mass is 9.84. The zero-order valence-corrected chi connectivity index (χ0v) is 13.8. The molecule has 0 unspecified atom stereocenters. The molecule has 1 aromatic heterocycles. The summed E-state index contributed by atoms with van der Waals surface area (Å²) >= 11 is 3.42. The van der Waals surface area contributed by atoms with Crippen LogP contribution in [0.5, 0.6) is 0 Å². The van der Waals surface area contributed by atoms with E-state index in [4.69, 9.17) is 5.73 Å². The van der Waals surface area contributed by atoms with E-state index in [-0.39, 0.29) is 0 Å². The minimum absolute atomic E-state index is 0.405. The van der Waals surface area contributed by atoms with E-state index in [0.717, 1.165) is 34.6 Å². The summed E-state index contributed by atoms with van der Waals surface area (Å²) in [6, 6.07) is 6.27. The number of hydrogen-bond acceptors (Lipinski definition) is 4. The lowest BCUT2D eigenvalue weighted by molar-refractivity contribution is 0.255. The highest BCUT2D eigenvalue weighted by atomic mass is 79.9. The van der Waals surface area contributed by atoms with Crippen molar-refractivity contribution in [1.29, 1.82) is 0 Å². The topological polar surface area (TPSA) is 69.6 Å². The molecule has 2 N–H and O–H groups in total. The maximum Gasteiger partial charge on any atom is 0.182 e. The number of tetrazole rings is 1. The van der Waals surface area contributed by atoms with Gasteiger partial charge < -0.3 is 5.73 Å². The molecule has 0 atom stereocenters. The van der Waals surface area contributed by atoms with Gasteiger partial charge in [0.05, 0.1) is 6.04 Å². The van der Waals surface area contributed by atoms with Crippen molar-refractivity contribution in [2.75, 3.05) is 5.73 Å². The van der Waals surface area contributed by atoms with Crippen LogP contribution in [0.1, 0.15) is 45.1 Å². The summed E-state index contributed by atoms with van der Waals surface area (Å²) in [5.41, 5.74) is 7.64. The first kappa shape index (κ1) is 14.5. The molecule has 21 heavy (non-hydrogen) atoms. The molecule has 1 aromatic carbocycles. The molecule has 1 heterocycles. The third kappa shape index (κ3) is 2.95. The average molecular weight is 350 g/mol. The molecule has 1 aliphatic rings. The molecule has 0 saturated heterocycles. The molecule has 112 valence electrons. The summed E-state index contributed by atoms with van der Waals surface area (Å²) in [4.78, 5) is 0. The zero-order valence-electron chi connectivity index (χ0n) is 12.2. The van der Waals surface area contributed by atoms with Crippen molar-refractivity contribution in [1.82, 2.24) is 20.2 Å². The molecule has 0 aliphatic heterocycles. The Kier molecular flexibility index (Phi) is 4.24. The third-order valence-electron chi connectivity index (χ3n) is 4.49. The lowest BCUT2D eigenvalue weighted by Gasteiger charge is -2.28. The van der Waals surface area contributed by atoms with E-state index in [9.17, 15) is 0 Å². The molecular weight excluding hydrogens is 330 g/mol. The predicted molar refractivity (Wildman–Crippen MR) is 86.7 cm³/mol. The predicted octanol–water partition coefficient (Wildman–Crippen LogP) is 3.83. The second-order valence-corrected chi connectivity index (χ2v) is 6.62. The molecule has 5 nitrogen and oxygen atoms in total. The van der Waals surface area contributed by atoms with Gasteiger partial charge in [-0.25, -0.2) is 4.68 Å². The SMILES string of the molecule is CCC1CCC(n2nnnc2-c2ccc(Br)c(N)c2)CC1. The maximum atomic E-state index is 5.97. The minimum atomic E-state index is 0.405. The van der Waals surface area contributed by atoms with Crippen LogP contribution in [0.3, 0.4) is 0 Å². The van der Waals surface area contributed by atoms with Gasteiger partial charge in [0.2, 0.25) is 0 Å². The number of aromatic nitrogens is 4.